The summed E-state index contributed by atoms with van der Waals surface area (Å²) in [5.74, 6) is -1.85. The zero-order valence-electron chi connectivity index (χ0n) is 33.2. The molecule has 1 aliphatic carbocycles. The van der Waals surface area contributed by atoms with Gasteiger partial charge in [-0.3, -0.25) is 19.3 Å². The van der Waals surface area contributed by atoms with Crippen LogP contribution in [-0.2, 0) is 61.8 Å². The van der Waals surface area contributed by atoms with Crippen LogP contribution in [-0.4, -0.2) is 190 Å². The molecule has 56 heavy (non-hydrogen) atoms. The van der Waals surface area contributed by atoms with E-state index in [0.717, 1.165) is 0 Å². The number of nitrogens with two attached hydrogens (primary N) is 1. The number of carbonyl (C=O) groups is 4. The van der Waals surface area contributed by atoms with Crippen LogP contribution in [0.5, 0.6) is 0 Å². The van der Waals surface area contributed by atoms with Crippen molar-refractivity contribution in [2.24, 2.45) is 11.1 Å². The molecule has 0 unspecified atom stereocenters. The third-order valence-electron chi connectivity index (χ3n) is 8.35. The lowest BCUT2D eigenvalue weighted by Gasteiger charge is -2.30. The monoisotopic (exact) mass is 809 g/mol. The number of nitrogens with zero attached hydrogens (tertiary/aromatic N) is 1. The van der Waals surface area contributed by atoms with Gasteiger partial charge in [0.15, 0.2) is 0 Å². The maximum atomic E-state index is 12.9. The molecular weight excluding hydrogens is 742 g/mol. The molecule has 0 spiro atoms. The van der Waals surface area contributed by atoms with E-state index >= 15 is 0 Å². The van der Waals surface area contributed by atoms with Gasteiger partial charge in [-0.15, -0.1) is 0 Å². The van der Waals surface area contributed by atoms with Gasteiger partial charge in [0.05, 0.1) is 132 Å². The lowest BCUT2D eigenvalue weighted by molar-refractivity contribution is -0.139. The Bertz CT molecular complexity index is 1020. The minimum Gasteiger partial charge on any atom is -0.481 e. The van der Waals surface area contributed by atoms with Gasteiger partial charge in [-0.1, -0.05) is 13.0 Å². The van der Waals surface area contributed by atoms with Crippen molar-refractivity contribution in [3.8, 4) is 0 Å². The maximum absolute atomic E-state index is 12.9. The first-order chi connectivity index (χ1) is 27.1. The van der Waals surface area contributed by atoms with E-state index in [1.165, 1.54) is 0 Å². The van der Waals surface area contributed by atoms with Gasteiger partial charge in [0.1, 0.15) is 6.10 Å². The highest BCUT2D eigenvalue weighted by atomic mass is 16.6. The topological polar surface area (TPSA) is 242 Å². The molecule has 2 atom stereocenters. The quantitative estimate of drug-likeness (QED) is 0.0504. The smallest absolute Gasteiger partial charge is 0.405 e. The fourth-order valence-corrected chi connectivity index (χ4v) is 5.12. The minimum atomic E-state index is -0.899. The van der Waals surface area contributed by atoms with Crippen molar-refractivity contribution in [3.05, 3.63) is 12.2 Å². The van der Waals surface area contributed by atoms with Crippen molar-refractivity contribution in [2.45, 2.75) is 51.6 Å². The van der Waals surface area contributed by atoms with Crippen molar-refractivity contribution in [1.82, 2.24) is 10.2 Å². The van der Waals surface area contributed by atoms with E-state index in [4.69, 9.17) is 63.3 Å². The van der Waals surface area contributed by atoms with E-state index in [1.807, 2.05) is 19.1 Å². The molecule has 0 saturated carbocycles. The summed E-state index contributed by atoms with van der Waals surface area (Å²) in [6, 6.07) is 0. The highest BCUT2D eigenvalue weighted by Crippen LogP contribution is 2.32. The summed E-state index contributed by atoms with van der Waals surface area (Å²) in [5, 5.41) is 20.2. The molecule has 19 heteroatoms. The number of allylic oxidation sites excluding steroid dienone is 1. The van der Waals surface area contributed by atoms with E-state index in [1.54, 1.807) is 0 Å². The Balaban J connectivity index is 2.17. The number of amides is 2. The number of rotatable bonds is 38. The number of carboxylic acid groups (broad SMARTS) is 2. The Morgan fingerprint density at radius 1 is 0.625 bits per heavy atom. The van der Waals surface area contributed by atoms with Gasteiger partial charge < -0.3 is 68.6 Å². The molecule has 1 aliphatic rings. The fourth-order valence-electron chi connectivity index (χ4n) is 5.12. The molecule has 0 fully saturated rings. The second-order valence-corrected chi connectivity index (χ2v) is 12.9. The summed E-state index contributed by atoms with van der Waals surface area (Å²) in [7, 11) is 0. The van der Waals surface area contributed by atoms with Gasteiger partial charge >= 0.3 is 18.0 Å². The number of carboxylic acids is 2. The van der Waals surface area contributed by atoms with Crippen molar-refractivity contribution in [1.29, 1.82) is 0 Å². The van der Waals surface area contributed by atoms with Crippen LogP contribution in [0.15, 0.2) is 12.2 Å². The van der Waals surface area contributed by atoms with E-state index in [9.17, 15) is 19.2 Å². The van der Waals surface area contributed by atoms with Gasteiger partial charge in [-0.25, -0.2) is 4.79 Å². The van der Waals surface area contributed by atoms with Crippen molar-refractivity contribution >= 4 is 23.9 Å². The summed E-state index contributed by atoms with van der Waals surface area (Å²) in [4.78, 5) is 47.2. The van der Waals surface area contributed by atoms with Crippen LogP contribution < -0.4 is 11.1 Å². The maximum Gasteiger partial charge on any atom is 0.405 e. The molecule has 0 aromatic carbocycles. The molecule has 0 bridgehead atoms. The lowest BCUT2D eigenvalue weighted by atomic mass is 9.78. The first-order valence-corrected chi connectivity index (χ1v) is 19.4. The number of carbonyl (C=O) groups excluding carboxylic acids is 2. The lowest BCUT2D eigenvalue weighted by Crippen LogP contribution is -2.41. The highest BCUT2D eigenvalue weighted by Gasteiger charge is 2.34. The largest absolute Gasteiger partial charge is 0.481 e. The van der Waals surface area contributed by atoms with Gasteiger partial charge in [-0.2, -0.15) is 0 Å². The Labute approximate surface area is 330 Å². The molecule has 1 rings (SSSR count). The molecule has 5 N–H and O–H groups in total. The Morgan fingerprint density at radius 3 is 1.43 bits per heavy atom. The summed E-state index contributed by atoms with van der Waals surface area (Å²) >= 11 is 0. The van der Waals surface area contributed by atoms with Gasteiger partial charge in [0.25, 0.3) is 0 Å². The zero-order chi connectivity index (χ0) is 41.0. The standard InChI is InChI=1S/C37H67N3O16/c1-37(8-3-2-4-32(5-9-37)56-36(38)46)35(45)39-10-16-49-22-28-55-31-25-52-19-13-40(11-17-50-23-29-53-26-20-47-14-6-33(41)42)12-18-51-24-30-54-27-21-48-15-7-34(43)44/h2,4,32H,3,5-31H2,1H3,(H2,38,46)(H,39,45)(H,41,42)(H,43,44)/b4-2+/t32-,37+/m0/s1. The van der Waals surface area contributed by atoms with E-state index < -0.39 is 29.6 Å². The number of nitrogens with one attached hydrogen (secondary N) is 1. The number of hydrogen-bond donors (Lipinski definition) is 4. The second kappa shape index (κ2) is 35.2. The number of primary amides is 1. The van der Waals surface area contributed by atoms with Crippen LogP contribution in [0.4, 0.5) is 4.79 Å². The molecule has 0 aromatic heterocycles. The average molecular weight is 810 g/mol. The Morgan fingerprint density at radius 2 is 1.02 bits per heavy atom. The Hall–Kier alpha value is -2.98. The molecule has 0 heterocycles. The third-order valence-corrected chi connectivity index (χ3v) is 8.35. The van der Waals surface area contributed by atoms with Crippen molar-refractivity contribution in [2.75, 3.05) is 145 Å². The van der Waals surface area contributed by atoms with E-state index in [0.29, 0.717) is 158 Å². The molecule has 326 valence electrons. The van der Waals surface area contributed by atoms with Gasteiger partial charge in [0, 0.05) is 31.6 Å². The van der Waals surface area contributed by atoms with Gasteiger partial charge in [-0.05, 0) is 31.8 Å². The van der Waals surface area contributed by atoms with Crippen molar-refractivity contribution in [3.63, 3.8) is 0 Å². The zero-order valence-corrected chi connectivity index (χ0v) is 33.2. The minimum absolute atomic E-state index is 0.0358. The molecule has 0 saturated heterocycles. The Kier molecular flexibility index (Phi) is 32.1. The van der Waals surface area contributed by atoms with Crippen LogP contribution in [0.25, 0.3) is 0 Å². The second-order valence-electron chi connectivity index (χ2n) is 12.9. The van der Waals surface area contributed by atoms with E-state index in [-0.39, 0.29) is 32.0 Å². The number of hydrogen-bond acceptors (Lipinski definition) is 15. The van der Waals surface area contributed by atoms with Crippen LogP contribution >= 0.6 is 0 Å². The number of aliphatic carboxylic acids is 2. The predicted octanol–water partition coefficient (Wildman–Crippen LogP) is 1.10. The molecule has 0 radical (unpaired) electrons. The van der Waals surface area contributed by atoms with Crippen LogP contribution in [0.3, 0.4) is 0 Å². The third kappa shape index (κ3) is 31.1. The highest BCUT2D eigenvalue weighted by molar-refractivity contribution is 5.82. The summed E-state index contributed by atoms with van der Waals surface area (Å²) in [6.45, 7) is 11.0. The first-order valence-electron chi connectivity index (χ1n) is 19.4. The molecule has 2 amide bonds. The summed E-state index contributed by atoms with van der Waals surface area (Å²) in [5.41, 5.74) is 4.57. The molecule has 0 aliphatic heterocycles. The molecular formula is C37H67N3O16. The summed E-state index contributed by atoms with van der Waals surface area (Å²) < 4.78 is 54.8. The summed E-state index contributed by atoms with van der Waals surface area (Å²) in [6.07, 6.45) is 4.91. The number of ether oxygens (including phenoxy) is 10. The van der Waals surface area contributed by atoms with Gasteiger partial charge in [0.2, 0.25) is 5.91 Å². The SMILES string of the molecule is C[C@@]1(C(=O)NCCOCCOCCOCCN(CCOCCOCCOCCC(=O)O)CCOCCOCCOCCC(=O)O)CC/C=C/[C@H](OC(N)=O)CC1. The van der Waals surface area contributed by atoms with Crippen LogP contribution in [0.1, 0.15) is 45.4 Å². The average Bonchev–Trinajstić information content (AvgIpc) is 3.15. The first kappa shape index (κ1) is 51.0. The van der Waals surface area contributed by atoms with E-state index in [2.05, 4.69) is 10.2 Å². The predicted molar refractivity (Wildman–Crippen MR) is 201 cm³/mol. The van der Waals surface area contributed by atoms with Crippen LogP contribution in [0.2, 0.25) is 0 Å². The fraction of sp³-hybridized carbons (Fsp3) is 0.838. The molecule has 19 nitrogen and oxygen atoms in total. The van der Waals surface area contributed by atoms with Crippen molar-refractivity contribution < 1.29 is 76.8 Å². The molecule has 0 aromatic rings. The normalized spacial score (nSPS) is 17.6. The van der Waals surface area contributed by atoms with Crippen LogP contribution in [0, 0.1) is 5.41 Å².